The standard InChI is InChI=1S/C27H33N3O6/c31-25(17-30-13-15-35-16-14-30)28-12-6-5-11-24(26(32)33)29-27(34)36-18-23-21-9-3-1-7-19(21)20-8-2-4-10-22(20)23/h1-4,7-10,23-24H,5-6,11-18H2,(H,28,31)(H,29,34)(H,32,33)/t24-/m0/s1. The highest BCUT2D eigenvalue weighted by Gasteiger charge is 2.29. The van der Waals surface area contributed by atoms with Gasteiger partial charge in [0, 0.05) is 25.6 Å². The molecule has 1 atom stereocenters. The molecule has 1 saturated heterocycles. The molecule has 1 fully saturated rings. The average Bonchev–Trinajstić information content (AvgIpc) is 3.20. The summed E-state index contributed by atoms with van der Waals surface area (Å²) in [6, 6.07) is 15.0. The van der Waals surface area contributed by atoms with Crippen LogP contribution in [0, 0.1) is 0 Å². The summed E-state index contributed by atoms with van der Waals surface area (Å²) in [5.41, 5.74) is 4.44. The summed E-state index contributed by atoms with van der Waals surface area (Å²) in [5.74, 6) is -1.25. The molecule has 36 heavy (non-hydrogen) atoms. The average molecular weight is 496 g/mol. The zero-order chi connectivity index (χ0) is 25.3. The van der Waals surface area contributed by atoms with Crippen molar-refractivity contribution in [3.63, 3.8) is 0 Å². The number of alkyl carbamates (subject to hydrolysis) is 1. The van der Waals surface area contributed by atoms with E-state index in [-0.39, 0.29) is 24.9 Å². The predicted octanol–water partition coefficient (Wildman–Crippen LogP) is 2.60. The van der Waals surface area contributed by atoms with Gasteiger partial charge in [-0.15, -0.1) is 0 Å². The molecule has 9 heteroatoms. The minimum Gasteiger partial charge on any atom is -0.480 e. The summed E-state index contributed by atoms with van der Waals surface area (Å²) in [4.78, 5) is 38.2. The first-order valence-electron chi connectivity index (χ1n) is 12.4. The van der Waals surface area contributed by atoms with Crippen molar-refractivity contribution < 1.29 is 29.0 Å². The molecule has 0 unspecified atom stereocenters. The highest BCUT2D eigenvalue weighted by molar-refractivity contribution is 5.81. The second-order valence-corrected chi connectivity index (χ2v) is 9.09. The van der Waals surface area contributed by atoms with Crippen LogP contribution < -0.4 is 10.6 Å². The molecule has 0 spiro atoms. The Morgan fingerprint density at radius 1 is 1.00 bits per heavy atom. The number of hydrogen-bond donors (Lipinski definition) is 3. The summed E-state index contributed by atoms with van der Waals surface area (Å²) in [6.45, 7) is 3.69. The fourth-order valence-corrected chi connectivity index (χ4v) is 4.76. The highest BCUT2D eigenvalue weighted by atomic mass is 16.5. The fourth-order valence-electron chi connectivity index (χ4n) is 4.76. The summed E-state index contributed by atoms with van der Waals surface area (Å²) in [7, 11) is 0. The van der Waals surface area contributed by atoms with Crippen LogP contribution in [0.25, 0.3) is 11.1 Å². The van der Waals surface area contributed by atoms with Crippen molar-refractivity contribution in [3.05, 3.63) is 59.7 Å². The molecule has 2 aromatic rings. The van der Waals surface area contributed by atoms with E-state index in [4.69, 9.17) is 9.47 Å². The zero-order valence-corrected chi connectivity index (χ0v) is 20.3. The van der Waals surface area contributed by atoms with Gasteiger partial charge in [-0.25, -0.2) is 9.59 Å². The molecule has 0 saturated carbocycles. The number of fused-ring (bicyclic) bond motifs is 3. The summed E-state index contributed by atoms with van der Waals surface area (Å²) in [5, 5.41) is 14.9. The van der Waals surface area contributed by atoms with Gasteiger partial charge in [-0.1, -0.05) is 48.5 Å². The van der Waals surface area contributed by atoms with Crippen molar-refractivity contribution >= 4 is 18.0 Å². The van der Waals surface area contributed by atoms with Gasteiger partial charge in [0.1, 0.15) is 12.6 Å². The van der Waals surface area contributed by atoms with Gasteiger partial charge in [-0.05, 0) is 41.5 Å². The third-order valence-electron chi connectivity index (χ3n) is 6.65. The van der Waals surface area contributed by atoms with Gasteiger partial charge < -0.3 is 25.2 Å². The van der Waals surface area contributed by atoms with Crippen LogP contribution in [0.3, 0.4) is 0 Å². The number of unbranched alkanes of at least 4 members (excludes halogenated alkanes) is 1. The zero-order valence-electron chi connectivity index (χ0n) is 20.3. The number of carboxylic acids is 1. The van der Waals surface area contributed by atoms with E-state index in [0.29, 0.717) is 39.1 Å². The Kier molecular flexibility index (Phi) is 8.91. The summed E-state index contributed by atoms with van der Waals surface area (Å²) < 4.78 is 10.7. The Morgan fingerprint density at radius 3 is 2.28 bits per heavy atom. The van der Waals surface area contributed by atoms with E-state index in [1.54, 1.807) is 0 Å². The van der Waals surface area contributed by atoms with Crippen molar-refractivity contribution in [1.29, 1.82) is 0 Å². The van der Waals surface area contributed by atoms with E-state index in [1.165, 1.54) is 0 Å². The lowest BCUT2D eigenvalue weighted by Crippen LogP contribution is -2.43. The fraction of sp³-hybridized carbons (Fsp3) is 0.444. The molecule has 192 valence electrons. The van der Waals surface area contributed by atoms with Crippen LogP contribution in [0.5, 0.6) is 0 Å². The number of amides is 2. The summed E-state index contributed by atoms with van der Waals surface area (Å²) >= 11 is 0. The lowest BCUT2D eigenvalue weighted by atomic mass is 9.98. The number of rotatable bonds is 11. The van der Waals surface area contributed by atoms with E-state index in [1.807, 2.05) is 41.3 Å². The Labute approximate surface area is 210 Å². The van der Waals surface area contributed by atoms with E-state index in [2.05, 4.69) is 22.8 Å². The van der Waals surface area contributed by atoms with Crippen molar-refractivity contribution in [2.24, 2.45) is 0 Å². The molecule has 2 amide bonds. The summed E-state index contributed by atoms with van der Waals surface area (Å²) in [6.07, 6.45) is 0.658. The first kappa shape index (κ1) is 25.7. The molecule has 0 aromatic heterocycles. The number of nitrogens with one attached hydrogen (secondary N) is 2. The first-order valence-corrected chi connectivity index (χ1v) is 12.4. The molecular formula is C27H33N3O6. The molecule has 2 aliphatic rings. The predicted molar refractivity (Wildman–Crippen MR) is 134 cm³/mol. The molecular weight excluding hydrogens is 462 g/mol. The van der Waals surface area contributed by atoms with E-state index in [0.717, 1.165) is 35.3 Å². The van der Waals surface area contributed by atoms with Crippen LogP contribution in [0.4, 0.5) is 4.79 Å². The number of hydrogen-bond acceptors (Lipinski definition) is 6. The molecule has 1 aliphatic carbocycles. The molecule has 1 heterocycles. The number of carbonyl (C=O) groups is 3. The van der Waals surface area contributed by atoms with Crippen molar-refractivity contribution in [2.75, 3.05) is 46.0 Å². The number of benzene rings is 2. The van der Waals surface area contributed by atoms with Gasteiger partial charge in [-0.3, -0.25) is 9.69 Å². The monoisotopic (exact) mass is 495 g/mol. The number of morpholine rings is 1. The Morgan fingerprint density at radius 2 is 1.64 bits per heavy atom. The Bertz CT molecular complexity index is 1020. The second kappa shape index (κ2) is 12.5. The van der Waals surface area contributed by atoms with Gasteiger partial charge in [0.25, 0.3) is 0 Å². The maximum atomic E-state index is 12.4. The molecule has 2 aromatic carbocycles. The van der Waals surface area contributed by atoms with Crippen LogP contribution in [-0.4, -0.2) is 80.0 Å². The molecule has 3 N–H and O–H groups in total. The first-order chi connectivity index (χ1) is 17.5. The van der Waals surface area contributed by atoms with Crippen molar-refractivity contribution in [1.82, 2.24) is 15.5 Å². The molecule has 9 nitrogen and oxygen atoms in total. The van der Waals surface area contributed by atoms with Gasteiger partial charge >= 0.3 is 12.1 Å². The van der Waals surface area contributed by atoms with Crippen LogP contribution in [0.2, 0.25) is 0 Å². The number of ether oxygens (including phenoxy) is 2. The van der Waals surface area contributed by atoms with Gasteiger partial charge in [-0.2, -0.15) is 0 Å². The molecule has 4 rings (SSSR count). The molecule has 0 radical (unpaired) electrons. The topological polar surface area (TPSA) is 117 Å². The number of carboxylic acid groups (broad SMARTS) is 1. The van der Waals surface area contributed by atoms with E-state index < -0.39 is 18.1 Å². The maximum Gasteiger partial charge on any atom is 0.407 e. The van der Waals surface area contributed by atoms with Crippen LogP contribution >= 0.6 is 0 Å². The third-order valence-corrected chi connectivity index (χ3v) is 6.65. The lowest BCUT2D eigenvalue weighted by Gasteiger charge is -2.25. The highest BCUT2D eigenvalue weighted by Crippen LogP contribution is 2.44. The smallest absolute Gasteiger partial charge is 0.407 e. The van der Waals surface area contributed by atoms with Crippen LogP contribution in [0.15, 0.2) is 48.5 Å². The largest absolute Gasteiger partial charge is 0.480 e. The number of carbonyl (C=O) groups excluding carboxylic acids is 2. The lowest BCUT2D eigenvalue weighted by molar-refractivity contribution is -0.139. The van der Waals surface area contributed by atoms with Crippen molar-refractivity contribution in [3.8, 4) is 11.1 Å². The van der Waals surface area contributed by atoms with Gasteiger partial charge in [0.15, 0.2) is 0 Å². The van der Waals surface area contributed by atoms with Crippen LogP contribution in [0.1, 0.15) is 36.3 Å². The van der Waals surface area contributed by atoms with E-state index >= 15 is 0 Å². The quantitative estimate of drug-likeness (QED) is 0.410. The second-order valence-electron chi connectivity index (χ2n) is 9.09. The molecule has 1 aliphatic heterocycles. The minimum absolute atomic E-state index is 0.0524. The SMILES string of the molecule is O=C(CN1CCOCC1)NCCCC[C@H](NC(=O)OCC1c2ccccc2-c2ccccc21)C(=O)O. The maximum absolute atomic E-state index is 12.4. The number of nitrogens with zero attached hydrogens (tertiary/aromatic N) is 1. The minimum atomic E-state index is -1.11. The van der Waals surface area contributed by atoms with Gasteiger partial charge in [0.2, 0.25) is 5.91 Å². The molecule has 0 bridgehead atoms. The van der Waals surface area contributed by atoms with E-state index in [9.17, 15) is 19.5 Å². The number of aliphatic carboxylic acids is 1. The van der Waals surface area contributed by atoms with Crippen LogP contribution in [-0.2, 0) is 19.1 Å². The van der Waals surface area contributed by atoms with Crippen molar-refractivity contribution in [2.45, 2.75) is 31.2 Å². The third kappa shape index (κ3) is 6.61. The van der Waals surface area contributed by atoms with Gasteiger partial charge in [0.05, 0.1) is 19.8 Å². The normalized spacial score (nSPS) is 16.0. The Balaban J connectivity index is 1.19. The Hall–Kier alpha value is -3.43.